The number of carbonyl (C=O) groups excluding carboxylic acids is 2. The molecule has 0 spiro atoms. The highest BCUT2D eigenvalue weighted by molar-refractivity contribution is 5.95. The summed E-state index contributed by atoms with van der Waals surface area (Å²) in [5, 5.41) is 2.76. The van der Waals surface area contributed by atoms with Crippen molar-refractivity contribution in [3.63, 3.8) is 0 Å². The number of amides is 2. The van der Waals surface area contributed by atoms with Gasteiger partial charge in [-0.2, -0.15) is 0 Å². The Morgan fingerprint density at radius 1 is 1.09 bits per heavy atom. The van der Waals surface area contributed by atoms with Crippen molar-refractivity contribution in [2.45, 2.75) is 12.8 Å². The van der Waals surface area contributed by atoms with Gasteiger partial charge in [0, 0.05) is 24.3 Å². The number of nitrogens with zero attached hydrogens (tertiary/aromatic N) is 1. The van der Waals surface area contributed by atoms with Crippen LogP contribution in [0.1, 0.15) is 12.8 Å². The van der Waals surface area contributed by atoms with E-state index in [4.69, 9.17) is 4.74 Å². The predicted molar refractivity (Wildman–Crippen MR) is 88.6 cm³/mol. The van der Waals surface area contributed by atoms with Gasteiger partial charge in [0.05, 0.1) is 0 Å². The molecule has 5 heteroatoms. The highest BCUT2D eigenvalue weighted by atomic mass is 16.5. The highest BCUT2D eigenvalue weighted by Crippen LogP contribution is 2.23. The lowest BCUT2D eigenvalue weighted by molar-refractivity contribution is -0.118. The van der Waals surface area contributed by atoms with Crippen LogP contribution >= 0.6 is 0 Å². The number of ether oxygens (including phenoxy) is 1. The Hall–Kier alpha value is -2.82. The van der Waals surface area contributed by atoms with Crippen molar-refractivity contribution >= 4 is 23.2 Å². The van der Waals surface area contributed by atoms with Crippen LogP contribution in [-0.2, 0) is 9.59 Å². The lowest BCUT2D eigenvalue weighted by Crippen LogP contribution is -2.23. The molecule has 0 aromatic heterocycles. The average molecular weight is 310 g/mol. The number of benzene rings is 2. The van der Waals surface area contributed by atoms with Crippen LogP contribution in [0.5, 0.6) is 5.75 Å². The zero-order chi connectivity index (χ0) is 16.1. The summed E-state index contributed by atoms with van der Waals surface area (Å²) in [4.78, 5) is 25.3. The van der Waals surface area contributed by atoms with Crippen molar-refractivity contribution < 1.29 is 14.3 Å². The Balaban J connectivity index is 1.52. The van der Waals surface area contributed by atoms with Gasteiger partial charge in [0.1, 0.15) is 5.75 Å². The van der Waals surface area contributed by atoms with Crippen LogP contribution in [-0.4, -0.2) is 25.0 Å². The van der Waals surface area contributed by atoms with E-state index in [1.807, 2.05) is 42.5 Å². The highest BCUT2D eigenvalue weighted by Gasteiger charge is 2.21. The molecule has 2 aromatic carbocycles. The smallest absolute Gasteiger partial charge is 0.262 e. The van der Waals surface area contributed by atoms with Crippen molar-refractivity contribution in [1.29, 1.82) is 0 Å². The molecule has 5 nitrogen and oxygen atoms in total. The molecule has 118 valence electrons. The molecule has 1 saturated heterocycles. The zero-order valence-electron chi connectivity index (χ0n) is 12.7. The third-order valence-corrected chi connectivity index (χ3v) is 3.65. The minimum atomic E-state index is -0.213. The molecule has 0 bridgehead atoms. The van der Waals surface area contributed by atoms with Crippen LogP contribution in [0, 0.1) is 0 Å². The number of hydrogen-bond acceptors (Lipinski definition) is 3. The summed E-state index contributed by atoms with van der Waals surface area (Å²) in [6, 6.07) is 16.5. The van der Waals surface area contributed by atoms with E-state index in [-0.39, 0.29) is 18.4 Å². The second-order valence-corrected chi connectivity index (χ2v) is 5.35. The SMILES string of the molecule is O=C(COc1ccc(N2CCCC2=O)cc1)Nc1ccccc1. The molecule has 0 saturated carbocycles. The van der Waals surface area contributed by atoms with Gasteiger partial charge in [-0.15, -0.1) is 0 Å². The van der Waals surface area contributed by atoms with E-state index in [1.54, 1.807) is 17.0 Å². The Morgan fingerprint density at radius 2 is 1.83 bits per heavy atom. The molecule has 0 atom stereocenters. The minimum absolute atomic E-state index is 0.0586. The maximum Gasteiger partial charge on any atom is 0.262 e. The lowest BCUT2D eigenvalue weighted by Gasteiger charge is -2.16. The Morgan fingerprint density at radius 3 is 2.48 bits per heavy atom. The van der Waals surface area contributed by atoms with Crippen LogP contribution in [0.4, 0.5) is 11.4 Å². The Bertz CT molecular complexity index is 683. The first-order valence-corrected chi connectivity index (χ1v) is 7.60. The largest absolute Gasteiger partial charge is 0.484 e. The molecule has 23 heavy (non-hydrogen) atoms. The quantitative estimate of drug-likeness (QED) is 0.924. The molecule has 1 aliphatic heterocycles. The fourth-order valence-corrected chi connectivity index (χ4v) is 2.51. The molecular weight excluding hydrogens is 292 g/mol. The molecule has 1 heterocycles. The number of rotatable bonds is 5. The zero-order valence-corrected chi connectivity index (χ0v) is 12.7. The predicted octanol–water partition coefficient (Wildman–Crippen LogP) is 2.83. The molecule has 1 N–H and O–H groups in total. The van der Waals surface area contributed by atoms with Gasteiger partial charge in [-0.05, 0) is 42.8 Å². The normalized spacial score (nSPS) is 13.9. The third-order valence-electron chi connectivity index (χ3n) is 3.65. The fourth-order valence-electron chi connectivity index (χ4n) is 2.51. The van der Waals surface area contributed by atoms with Crippen molar-refractivity contribution in [1.82, 2.24) is 0 Å². The maximum absolute atomic E-state index is 11.8. The van der Waals surface area contributed by atoms with E-state index >= 15 is 0 Å². The monoisotopic (exact) mass is 310 g/mol. The average Bonchev–Trinajstić information content (AvgIpc) is 3.00. The molecule has 1 aliphatic rings. The van der Waals surface area contributed by atoms with E-state index in [0.29, 0.717) is 12.2 Å². The van der Waals surface area contributed by atoms with Crippen molar-refractivity contribution in [2.24, 2.45) is 0 Å². The molecule has 2 amide bonds. The summed E-state index contributed by atoms with van der Waals surface area (Å²) >= 11 is 0. The summed E-state index contributed by atoms with van der Waals surface area (Å²) in [5.41, 5.74) is 1.61. The number of nitrogens with one attached hydrogen (secondary N) is 1. The lowest BCUT2D eigenvalue weighted by atomic mass is 10.3. The molecule has 2 aromatic rings. The summed E-state index contributed by atoms with van der Waals surface area (Å²) in [6.45, 7) is 0.704. The van der Waals surface area contributed by atoms with Crippen LogP contribution in [0.15, 0.2) is 54.6 Å². The Labute approximate surface area is 134 Å². The number of hydrogen-bond donors (Lipinski definition) is 1. The molecule has 0 radical (unpaired) electrons. The van der Waals surface area contributed by atoms with Crippen molar-refractivity contribution in [2.75, 3.05) is 23.4 Å². The molecule has 0 unspecified atom stereocenters. The number of para-hydroxylation sites is 1. The molecule has 0 aliphatic carbocycles. The van der Waals surface area contributed by atoms with E-state index in [0.717, 1.165) is 24.3 Å². The van der Waals surface area contributed by atoms with Crippen LogP contribution < -0.4 is 15.0 Å². The first kappa shape index (κ1) is 15.1. The van der Waals surface area contributed by atoms with E-state index < -0.39 is 0 Å². The van der Waals surface area contributed by atoms with E-state index in [1.165, 1.54) is 0 Å². The Kier molecular flexibility index (Phi) is 4.57. The fraction of sp³-hybridized carbons (Fsp3) is 0.222. The van der Waals surface area contributed by atoms with Gasteiger partial charge in [0.25, 0.3) is 5.91 Å². The molecular formula is C18H18N2O3. The number of carbonyl (C=O) groups is 2. The molecule has 1 fully saturated rings. The minimum Gasteiger partial charge on any atom is -0.484 e. The van der Waals surface area contributed by atoms with Gasteiger partial charge in [-0.1, -0.05) is 18.2 Å². The van der Waals surface area contributed by atoms with Gasteiger partial charge < -0.3 is 15.0 Å². The van der Waals surface area contributed by atoms with Crippen LogP contribution in [0.2, 0.25) is 0 Å². The van der Waals surface area contributed by atoms with E-state index in [2.05, 4.69) is 5.32 Å². The van der Waals surface area contributed by atoms with Gasteiger partial charge in [0.2, 0.25) is 5.91 Å². The van der Waals surface area contributed by atoms with Gasteiger partial charge in [0.15, 0.2) is 6.61 Å². The first-order chi connectivity index (χ1) is 11.2. The second-order valence-electron chi connectivity index (χ2n) is 5.35. The first-order valence-electron chi connectivity index (χ1n) is 7.60. The summed E-state index contributed by atoms with van der Waals surface area (Å²) in [6.07, 6.45) is 1.51. The van der Waals surface area contributed by atoms with Gasteiger partial charge >= 0.3 is 0 Å². The standard InChI is InChI=1S/C18H18N2O3/c21-17(19-14-5-2-1-3-6-14)13-23-16-10-8-15(9-11-16)20-12-4-7-18(20)22/h1-3,5-6,8-11H,4,7,12-13H2,(H,19,21). The second kappa shape index (κ2) is 6.96. The summed E-state index contributed by atoms with van der Waals surface area (Å²) in [5.74, 6) is 0.541. The van der Waals surface area contributed by atoms with Crippen LogP contribution in [0.25, 0.3) is 0 Å². The maximum atomic E-state index is 11.8. The summed E-state index contributed by atoms with van der Waals surface area (Å²) < 4.78 is 5.47. The van der Waals surface area contributed by atoms with E-state index in [9.17, 15) is 9.59 Å². The van der Waals surface area contributed by atoms with Crippen molar-refractivity contribution in [3.8, 4) is 5.75 Å². The van der Waals surface area contributed by atoms with Crippen LogP contribution in [0.3, 0.4) is 0 Å². The third kappa shape index (κ3) is 3.88. The van der Waals surface area contributed by atoms with Gasteiger partial charge in [-0.25, -0.2) is 0 Å². The summed E-state index contributed by atoms with van der Waals surface area (Å²) in [7, 11) is 0. The topological polar surface area (TPSA) is 58.6 Å². The number of anilines is 2. The van der Waals surface area contributed by atoms with Crippen molar-refractivity contribution in [3.05, 3.63) is 54.6 Å². The molecule has 3 rings (SSSR count). The van der Waals surface area contributed by atoms with Gasteiger partial charge in [-0.3, -0.25) is 9.59 Å².